The fraction of sp³-hybridized carbons (Fsp3) is 0.250. The van der Waals surface area contributed by atoms with E-state index in [1.807, 2.05) is 37.3 Å². The molecular formula is C20H20N2O2. The number of methoxy groups -OCH3 is 1. The zero-order chi connectivity index (χ0) is 16.7. The minimum atomic E-state index is -0.647. The highest BCUT2D eigenvalue weighted by atomic mass is 16.5. The maximum absolute atomic E-state index is 12.7. The molecule has 0 amide bonds. The lowest BCUT2D eigenvalue weighted by Crippen LogP contribution is -2.38. The highest BCUT2D eigenvalue weighted by molar-refractivity contribution is 5.81. The van der Waals surface area contributed by atoms with Gasteiger partial charge in [-0.15, -0.1) is 0 Å². The first-order chi connectivity index (χ1) is 11.6. The number of benzene rings is 2. The van der Waals surface area contributed by atoms with Crippen LogP contribution in [0.2, 0.25) is 0 Å². The Kier molecular flexibility index (Phi) is 3.34. The van der Waals surface area contributed by atoms with Gasteiger partial charge in [-0.25, -0.2) is 0 Å². The van der Waals surface area contributed by atoms with Crippen LogP contribution in [0.5, 0.6) is 0 Å². The second kappa shape index (κ2) is 5.41. The summed E-state index contributed by atoms with van der Waals surface area (Å²) in [6, 6.07) is 18.3. The molecule has 4 nitrogen and oxygen atoms in total. The van der Waals surface area contributed by atoms with Crippen LogP contribution in [0.1, 0.15) is 24.1 Å². The number of hydrogen-bond donors (Lipinski definition) is 0. The molecule has 1 fully saturated rings. The molecule has 2 atom stereocenters. The van der Waals surface area contributed by atoms with Gasteiger partial charge in [0.05, 0.1) is 25.4 Å². The fourth-order valence-electron chi connectivity index (χ4n) is 3.87. The van der Waals surface area contributed by atoms with Gasteiger partial charge in [-0.05, 0) is 36.3 Å². The van der Waals surface area contributed by atoms with Gasteiger partial charge in [0.2, 0.25) is 0 Å². The number of anilines is 1. The van der Waals surface area contributed by atoms with Crippen molar-refractivity contribution in [3.63, 3.8) is 0 Å². The highest BCUT2D eigenvalue weighted by Crippen LogP contribution is 2.51. The van der Waals surface area contributed by atoms with Gasteiger partial charge >= 0.3 is 5.97 Å². The summed E-state index contributed by atoms with van der Waals surface area (Å²) in [5.74, 6) is -0.180. The third kappa shape index (κ3) is 2.03. The van der Waals surface area contributed by atoms with Crippen LogP contribution in [0.3, 0.4) is 0 Å². The molecule has 2 aromatic rings. The summed E-state index contributed by atoms with van der Waals surface area (Å²) in [6.07, 6.45) is 4.17. The SMILES string of the molecule is COC(=O)[C@@]1(C)CN(c2ccccc2)N2C=Cc3ccccc3[C@@H]21. The largest absolute Gasteiger partial charge is 0.468 e. The third-order valence-electron chi connectivity index (χ3n) is 5.03. The van der Waals surface area contributed by atoms with Crippen LogP contribution in [0.4, 0.5) is 5.69 Å². The topological polar surface area (TPSA) is 32.8 Å². The van der Waals surface area contributed by atoms with Crippen molar-refractivity contribution in [2.24, 2.45) is 5.41 Å². The van der Waals surface area contributed by atoms with E-state index in [0.717, 1.165) is 16.8 Å². The van der Waals surface area contributed by atoms with E-state index in [9.17, 15) is 4.79 Å². The minimum absolute atomic E-state index is 0.0774. The molecular weight excluding hydrogens is 300 g/mol. The number of rotatable bonds is 2. The monoisotopic (exact) mass is 320 g/mol. The lowest BCUT2D eigenvalue weighted by Gasteiger charge is -2.37. The van der Waals surface area contributed by atoms with Crippen molar-refractivity contribution in [2.45, 2.75) is 13.0 Å². The van der Waals surface area contributed by atoms with Gasteiger partial charge in [0, 0.05) is 6.20 Å². The van der Waals surface area contributed by atoms with Crippen LogP contribution in [0, 0.1) is 5.41 Å². The molecule has 0 aliphatic carbocycles. The summed E-state index contributed by atoms with van der Waals surface area (Å²) in [7, 11) is 1.47. The Hall–Kier alpha value is -2.75. The molecule has 122 valence electrons. The zero-order valence-corrected chi connectivity index (χ0v) is 13.8. The molecule has 2 aliphatic rings. The molecule has 0 aromatic heterocycles. The number of hydrazine groups is 1. The van der Waals surface area contributed by atoms with Crippen LogP contribution in [-0.4, -0.2) is 24.6 Å². The van der Waals surface area contributed by atoms with Crippen molar-refractivity contribution in [1.82, 2.24) is 5.01 Å². The average molecular weight is 320 g/mol. The van der Waals surface area contributed by atoms with Crippen LogP contribution in [-0.2, 0) is 9.53 Å². The van der Waals surface area contributed by atoms with Gasteiger partial charge < -0.3 is 4.74 Å². The quantitative estimate of drug-likeness (QED) is 0.791. The van der Waals surface area contributed by atoms with E-state index in [1.165, 1.54) is 7.11 Å². The second-order valence-corrected chi connectivity index (χ2v) is 6.53. The number of nitrogens with zero attached hydrogens (tertiary/aromatic N) is 2. The first-order valence-electron chi connectivity index (χ1n) is 8.11. The lowest BCUT2D eigenvalue weighted by atomic mass is 9.77. The highest BCUT2D eigenvalue weighted by Gasteiger charge is 2.55. The van der Waals surface area contributed by atoms with Gasteiger partial charge in [0.15, 0.2) is 0 Å². The van der Waals surface area contributed by atoms with Gasteiger partial charge in [0.25, 0.3) is 0 Å². The zero-order valence-electron chi connectivity index (χ0n) is 13.8. The molecule has 4 rings (SSSR count). The van der Waals surface area contributed by atoms with Crippen molar-refractivity contribution in [3.05, 3.63) is 71.9 Å². The molecule has 0 radical (unpaired) electrons. The van der Waals surface area contributed by atoms with E-state index in [0.29, 0.717) is 6.54 Å². The lowest BCUT2D eigenvalue weighted by molar-refractivity contribution is -0.152. The van der Waals surface area contributed by atoms with Crippen LogP contribution >= 0.6 is 0 Å². The van der Waals surface area contributed by atoms with Crippen molar-refractivity contribution in [3.8, 4) is 0 Å². The van der Waals surface area contributed by atoms with E-state index in [1.54, 1.807) is 0 Å². The number of carbonyl (C=O) groups is 1. The van der Waals surface area contributed by atoms with Crippen LogP contribution in [0.15, 0.2) is 60.8 Å². The summed E-state index contributed by atoms with van der Waals surface area (Å²) < 4.78 is 5.17. The van der Waals surface area contributed by atoms with Gasteiger partial charge in [0.1, 0.15) is 5.41 Å². The van der Waals surface area contributed by atoms with Crippen molar-refractivity contribution in [1.29, 1.82) is 0 Å². The molecule has 0 saturated carbocycles. The average Bonchev–Trinajstić information content (AvgIpc) is 2.96. The molecule has 0 spiro atoms. The van der Waals surface area contributed by atoms with E-state index < -0.39 is 5.41 Å². The molecule has 2 heterocycles. The third-order valence-corrected chi connectivity index (χ3v) is 5.03. The number of carbonyl (C=O) groups excluding carboxylic acids is 1. The molecule has 2 aromatic carbocycles. The number of para-hydroxylation sites is 1. The molecule has 4 heteroatoms. The Labute approximate surface area is 141 Å². The van der Waals surface area contributed by atoms with E-state index in [2.05, 4.69) is 46.6 Å². The first kappa shape index (κ1) is 14.8. The second-order valence-electron chi connectivity index (χ2n) is 6.53. The minimum Gasteiger partial charge on any atom is -0.468 e. The van der Waals surface area contributed by atoms with E-state index >= 15 is 0 Å². The van der Waals surface area contributed by atoms with E-state index in [4.69, 9.17) is 4.74 Å². The van der Waals surface area contributed by atoms with Crippen molar-refractivity contribution in [2.75, 3.05) is 18.7 Å². The Bertz CT molecular complexity index is 802. The van der Waals surface area contributed by atoms with E-state index in [-0.39, 0.29) is 12.0 Å². The summed E-state index contributed by atoms with van der Waals surface area (Å²) >= 11 is 0. The summed E-state index contributed by atoms with van der Waals surface area (Å²) in [6.45, 7) is 2.57. The van der Waals surface area contributed by atoms with Crippen molar-refractivity contribution < 1.29 is 9.53 Å². The smallest absolute Gasteiger partial charge is 0.315 e. The molecule has 0 bridgehead atoms. The molecule has 24 heavy (non-hydrogen) atoms. The molecule has 2 aliphatic heterocycles. The van der Waals surface area contributed by atoms with Gasteiger partial charge in [-0.1, -0.05) is 42.5 Å². The Morgan fingerprint density at radius 1 is 1.12 bits per heavy atom. The molecule has 1 saturated heterocycles. The Morgan fingerprint density at radius 2 is 1.83 bits per heavy atom. The summed E-state index contributed by atoms with van der Waals surface area (Å²) in [5, 5.41) is 4.32. The number of ether oxygens (including phenoxy) is 1. The predicted octanol–water partition coefficient (Wildman–Crippen LogP) is 3.63. The number of esters is 1. The van der Waals surface area contributed by atoms with Gasteiger partial charge in [-0.2, -0.15) is 0 Å². The maximum atomic E-state index is 12.7. The Morgan fingerprint density at radius 3 is 2.58 bits per heavy atom. The Balaban J connectivity index is 1.86. The number of fused-ring (bicyclic) bond motifs is 3. The van der Waals surface area contributed by atoms with Crippen LogP contribution < -0.4 is 5.01 Å². The molecule has 0 N–H and O–H groups in total. The first-order valence-corrected chi connectivity index (χ1v) is 8.11. The normalized spacial score (nSPS) is 24.5. The van der Waals surface area contributed by atoms with Crippen LogP contribution in [0.25, 0.3) is 6.08 Å². The predicted molar refractivity (Wildman–Crippen MR) is 94.0 cm³/mol. The molecule has 0 unspecified atom stereocenters. The van der Waals surface area contributed by atoms with Crippen molar-refractivity contribution >= 4 is 17.7 Å². The fourth-order valence-corrected chi connectivity index (χ4v) is 3.87. The summed E-state index contributed by atoms with van der Waals surface area (Å²) in [5.41, 5.74) is 2.74. The maximum Gasteiger partial charge on any atom is 0.315 e. The summed E-state index contributed by atoms with van der Waals surface area (Å²) in [4.78, 5) is 12.7. The van der Waals surface area contributed by atoms with Gasteiger partial charge in [-0.3, -0.25) is 14.8 Å². The number of hydrogen-bond acceptors (Lipinski definition) is 4. The standard InChI is InChI=1S/C20H20N2O2/c1-20(19(23)24-2)14-22(16-9-4-3-5-10-16)21-13-12-15-8-6-7-11-17(15)18(20)21/h3-13,18H,14H2,1-2H3/t18-,20+/m1/s1.